The lowest BCUT2D eigenvalue weighted by atomic mass is 10.2. The van der Waals surface area contributed by atoms with Gasteiger partial charge in [0.05, 0.1) is 5.92 Å². The van der Waals surface area contributed by atoms with E-state index in [-0.39, 0.29) is 17.8 Å². The number of rotatable bonds is 5. The van der Waals surface area contributed by atoms with E-state index in [4.69, 9.17) is 4.74 Å². The van der Waals surface area contributed by atoms with Crippen LogP contribution in [-0.4, -0.2) is 30.1 Å². The van der Waals surface area contributed by atoms with Crippen LogP contribution in [0.15, 0.2) is 0 Å². The Bertz CT molecular complexity index is 204. The molecular weight excluding hydrogens is 202 g/mol. The van der Waals surface area contributed by atoms with Gasteiger partial charge in [-0.1, -0.05) is 20.8 Å². The zero-order chi connectivity index (χ0) is 11.1. The number of hydrogen-bond acceptors (Lipinski definition) is 4. The molecule has 0 fully saturated rings. The first-order valence-corrected chi connectivity index (χ1v) is 5.61. The number of esters is 1. The van der Waals surface area contributed by atoms with Crippen molar-refractivity contribution in [3.63, 3.8) is 0 Å². The van der Waals surface area contributed by atoms with Crippen LogP contribution in [0.4, 0.5) is 0 Å². The van der Waals surface area contributed by atoms with Crippen molar-refractivity contribution in [2.45, 2.75) is 26.2 Å². The molecule has 0 heterocycles. The predicted molar refractivity (Wildman–Crippen MR) is 56.9 cm³/mol. The molecule has 0 saturated heterocycles. The highest BCUT2D eigenvalue weighted by Crippen LogP contribution is 2.14. The molecule has 0 rings (SSSR count). The smallest absolute Gasteiger partial charge is 0.310 e. The van der Waals surface area contributed by atoms with E-state index in [0.717, 1.165) is 5.75 Å². The van der Waals surface area contributed by atoms with Gasteiger partial charge in [-0.3, -0.25) is 9.59 Å². The maximum Gasteiger partial charge on any atom is 0.310 e. The molecule has 0 bridgehead atoms. The standard InChI is InChI=1S/C9H17NO3S/c1-5-14-9(7(11)10-4)13-8(12)6(2)3/h6,9H,5H2,1-4H3,(H,10,11). The summed E-state index contributed by atoms with van der Waals surface area (Å²) in [5.74, 6) is -0.103. The van der Waals surface area contributed by atoms with Gasteiger partial charge in [-0.05, 0) is 5.75 Å². The van der Waals surface area contributed by atoms with Crippen LogP contribution in [0.3, 0.4) is 0 Å². The average Bonchev–Trinajstić information content (AvgIpc) is 2.15. The number of ether oxygens (including phenoxy) is 1. The molecule has 4 nitrogen and oxygen atoms in total. The van der Waals surface area contributed by atoms with Crippen molar-refractivity contribution in [1.82, 2.24) is 5.32 Å². The highest BCUT2D eigenvalue weighted by atomic mass is 32.2. The summed E-state index contributed by atoms with van der Waals surface area (Å²) in [4.78, 5) is 22.5. The first kappa shape index (κ1) is 13.3. The summed E-state index contributed by atoms with van der Waals surface area (Å²) in [6.45, 7) is 5.38. The summed E-state index contributed by atoms with van der Waals surface area (Å²) in [5, 5.41) is 2.46. The second-order valence-electron chi connectivity index (χ2n) is 2.99. The summed E-state index contributed by atoms with van der Waals surface area (Å²) in [5.41, 5.74) is -0.722. The number of amides is 1. The molecule has 0 aliphatic carbocycles. The fourth-order valence-corrected chi connectivity index (χ4v) is 1.41. The molecule has 1 unspecified atom stereocenters. The van der Waals surface area contributed by atoms with E-state index in [9.17, 15) is 9.59 Å². The third kappa shape index (κ3) is 4.50. The molecule has 1 N–H and O–H groups in total. The Kier molecular flexibility index (Phi) is 6.36. The Labute approximate surface area is 88.8 Å². The van der Waals surface area contributed by atoms with Gasteiger partial charge in [0.25, 0.3) is 5.91 Å². The van der Waals surface area contributed by atoms with Crippen LogP contribution in [0, 0.1) is 5.92 Å². The van der Waals surface area contributed by atoms with E-state index in [2.05, 4.69) is 5.32 Å². The van der Waals surface area contributed by atoms with Crippen LogP contribution in [0.25, 0.3) is 0 Å². The second-order valence-corrected chi connectivity index (χ2v) is 4.33. The number of nitrogens with one attached hydrogen (secondary N) is 1. The van der Waals surface area contributed by atoms with E-state index in [1.54, 1.807) is 13.8 Å². The Balaban J connectivity index is 4.22. The van der Waals surface area contributed by atoms with Crippen LogP contribution in [-0.2, 0) is 14.3 Å². The van der Waals surface area contributed by atoms with Crippen molar-refractivity contribution in [1.29, 1.82) is 0 Å². The molecule has 0 aromatic heterocycles. The molecule has 82 valence electrons. The van der Waals surface area contributed by atoms with Crippen molar-refractivity contribution in [3.05, 3.63) is 0 Å². The molecule has 0 radical (unpaired) electrons. The Morgan fingerprint density at radius 1 is 1.43 bits per heavy atom. The zero-order valence-corrected chi connectivity index (χ0v) is 9.81. The monoisotopic (exact) mass is 219 g/mol. The molecule has 0 aromatic rings. The SMILES string of the molecule is CCSC(OC(=O)C(C)C)C(=O)NC. The Morgan fingerprint density at radius 2 is 2.00 bits per heavy atom. The first-order valence-electron chi connectivity index (χ1n) is 4.56. The number of carbonyl (C=O) groups excluding carboxylic acids is 2. The quantitative estimate of drug-likeness (QED) is 0.554. The van der Waals surface area contributed by atoms with Gasteiger partial charge in [0.1, 0.15) is 0 Å². The van der Waals surface area contributed by atoms with Gasteiger partial charge in [-0.15, -0.1) is 11.8 Å². The third-order valence-corrected chi connectivity index (χ3v) is 2.42. The van der Waals surface area contributed by atoms with Crippen LogP contribution in [0.2, 0.25) is 0 Å². The minimum absolute atomic E-state index is 0.209. The van der Waals surface area contributed by atoms with Gasteiger partial charge < -0.3 is 10.1 Å². The van der Waals surface area contributed by atoms with Gasteiger partial charge in [-0.25, -0.2) is 0 Å². The highest BCUT2D eigenvalue weighted by Gasteiger charge is 2.22. The largest absolute Gasteiger partial charge is 0.441 e. The average molecular weight is 219 g/mol. The molecule has 0 saturated carbocycles. The number of hydrogen-bond donors (Lipinski definition) is 1. The summed E-state index contributed by atoms with van der Waals surface area (Å²) in [6.07, 6.45) is 0. The van der Waals surface area contributed by atoms with Crippen molar-refractivity contribution in [3.8, 4) is 0 Å². The minimum atomic E-state index is -0.722. The maximum absolute atomic E-state index is 11.3. The van der Waals surface area contributed by atoms with Gasteiger partial charge >= 0.3 is 5.97 Å². The summed E-state index contributed by atoms with van der Waals surface area (Å²) in [6, 6.07) is 0. The summed E-state index contributed by atoms with van der Waals surface area (Å²) in [7, 11) is 1.52. The number of likely N-dealkylation sites (N-methyl/N-ethyl adjacent to an activating group) is 1. The molecule has 1 atom stereocenters. The van der Waals surface area contributed by atoms with Crippen LogP contribution in [0.5, 0.6) is 0 Å². The topological polar surface area (TPSA) is 55.4 Å². The summed E-state index contributed by atoms with van der Waals surface area (Å²) >= 11 is 1.30. The molecule has 0 aliphatic heterocycles. The lowest BCUT2D eigenvalue weighted by Crippen LogP contribution is -2.34. The fraction of sp³-hybridized carbons (Fsp3) is 0.778. The van der Waals surface area contributed by atoms with Crippen molar-refractivity contribution < 1.29 is 14.3 Å². The third-order valence-electron chi connectivity index (χ3n) is 1.47. The summed E-state index contributed by atoms with van der Waals surface area (Å²) < 4.78 is 5.02. The van der Waals surface area contributed by atoms with Crippen LogP contribution < -0.4 is 5.32 Å². The minimum Gasteiger partial charge on any atom is -0.441 e. The number of carbonyl (C=O) groups is 2. The second kappa shape index (κ2) is 6.70. The van der Waals surface area contributed by atoms with E-state index in [1.807, 2.05) is 6.92 Å². The van der Waals surface area contributed by atoms with Crippen molar-refractivity contribution in [2.24, 2.45) is 5.92 Å². The molecular formula is C9H17NO3S. The van der Waals surface area contributed by atoms with E-state index in [1.165, 1.54) is 18.8 Å². The molecule has 1 amide bonds. The lowest BCUT2D eigenvalue weighted by Gasteiger charge is -2.16. The van der Waals surface area contributed by atoms with E-state index < -0.39 is 5.44 Å². The van der Waals surface area contributed by atoms with Crippen LogP contribution >= 0.6 is 11.8 Å². The fourth-order valence-electron chi connectivity index (χ4n) is 0.674. The predicted octanol–water partition coefficient (Wildman–Crippen LogP) is 1.01. The van der Waals surface area contributed by atoms with Crippen molar-refractivity contribution in [2.75, 3.05) is 12.8 Å². The van der Waals surface area contributed by atoms with Crippen molar-refractivity contribution >= 4 is 23.6 Å². The van der Waals surface area contributed by atoms with Gasteiger partial charge in [0.2, 0.25) is 5.44 Å². The maximum atomic E-state index is 11.3. The Hall–Kier alpha value is -0.710. The highest BCUT2D eigenvalue weighted by molar-refractivity contribution is 8.00. The zero-order valence-electron chi connectivity index (χ0n) is 8.99. The molecule has 14 heavy (non-hydrogen) atoms. The van der Waals surface area contributed by atoms with E-state index >= 15 is 0 Å². The normalized spacial score (nSPS) is 12.4. The lowest BCUT2D eigenvalue weighted by molar-refractivity contribution is -0.153. The number of thioether (sulfide) groups is 1. The Morgan fingerprint density at radius 3 is 2.36 bits per heavy atom. The van der Waals surface area contributed by atoms with Gasteiger partial charge in [0.15, 0.2) is 0 Å². The van der Waals surface area contributed by atoms with Gasteiger partial charge in [-0.2, -0.15) is 0 Å². The molecule has 0 aliphatic rings. The van der Waals surface area contributed by atoms with E-state index in [0.29, 0.717) is 0 Å². The molecule has 5 heteroatoms. The van der Waals surface area contributed by atoms with Crippen LogP contribution in [0.1, 0.15) is 20.8 Å². The first-order chi connectivity index (χ1) is 6.52. The molecule has 0 aromatic carbocycles. The van der Waals surface area contributed by atoms with Gasteiger partial charge in [0, 0.05) is 7.05 Å². The molecule has 0 spiro atoms.